The number of amides is 1. The van der Waals surface area contributed by atoms with E-state index in [-0.39, 0.29) is 11.3 Å². The number of benzene rings is 3. The monoisotopic (exact) mass is 553 g/mol. The Hall–Kier alpha value is -3.13. The van der Waals surface area contributed by atoms with Crippen molar-refractivity contribution in [2.75, 3.05) is 13.2 Å². The highest BCUT2D eigenvalue weighted by atomic mass is 127. The Balaban J connectivity index is 1.75. The number of aliphatic hydroxyl groups excluding tert-OH is 1. The highest BCUT2D eigenvalue weighted by Crippen LogP contribution is 2.39. The van der Waals surface area contributed by atoms with Crippen molar-refractivity contribution in [3.05, 3.63) is 105 Å². The molecule has 5 nitrogen and oxygen atoms in total. The van der Waals surface area contributed by atoms with Crippen LogP contribution in [0, 0.1) is 3.57 Å². The van der Waals surface area contributed by atoms with Crippen molar-refractivity contribution in [2.24, 2.45) is 0 Å². The van der Waals surface area contributed by atoms with Gasteiger partial charge in [-0.05, 0) is 83.5 Å². The van der Waals surface area contributed by atoms with E-state index in [4.69, 9.17) is 4.74 Å². The van der Waals surface area contributed by atoms with Gasteiger partial charge in [-0.1, -0.05) is 42.5 Å². The summed E-state index contributed by atoms with van der Waals surface area (Å²) in [4.78, 5) is 27.8. The molecule has 1 N–H and O–H groups in total. The van der Waals surface area contributed by atoms with Crippen molar-refractivity contribution < 1.29 is 19.4 Å². The average Bonchev–Trinajstić information content (AvgIpc) is 3.09. The van der Waals surface area contributed by atoms with E-state index < -0.39 is 17.7 Å². The first kappa shape index (κ1) is 23.0. The molecule has 168 valence electrons. The smallest absolute Gasteiger partial charge is 0.295 e. The second-order valence-electron chi connectivity index (χ2n) is 7.74. The lowest BCUT2D eigenvalue weighted by Crippen LogP contribution is -2.31. The highest BCUT2D eigenvalue weighted by Gasteiger charge is 2.45. The summed E-state index contributed by atoms with van der Waals surface area (Å²) in [5.74, 6) is -0.770. The molecular weight excluding hydrogens is 529 g/mol. The summed E-state index contributed by atoms with van der Waals surface area (Å²) in [5, 5.41) is 11.2. The third kappa shape index (κ3) is 4.95. The molecule has 6 heteroatoms. The van der Waals surface area contributed by atoms with Crippen molar-refractivity contribution in [3.63, 3.8) is 0 Å². The fraction of sp³-hybridized carbons (Fsp3) is 0.185. The number of hydrogen-bond donors (Lipinski definition) is 1. The van der Waals surface area contributed by atoms with E-state index in [9.17, 15) is 14.7 Å². The van der Waals surface area contributed by atoms with Gasteiger partial charge in [0.05, 0.1) is 18.2 Å². The number of nitrogens with zero attached hydrogens (tertiary/aromatic N) is 1. The molecule has 0 saturated carbocycles. The number of Topliss-reactive ketones (excluding diaryl/α,β-unsaturated/α-hetero) is 1. The Morgan fingerprint density at radius 3 is 2.27 bits per heavy atom. The molecule has 0 spiro atoms. The highest BCUT2D eigenvalue weighted by molar-refractivity contribution is 14.1. The molecule has 0 radical (unpaired) electrons. The lowest BCUT2D eigenvalue weighted by molar-refractivity contribution is -0.139. The number of likely N-dealkylation sites (tertiary alicyclic amines) is 1. The van der Waals surface area contributed by atoms with E-state index in [0.29, 0.717) is 30.9 Å². The van der Waals surface area contributed by atoms with Gasteiger partial charge in [0, 0.05) is 15.7 Å². The van der Waals surface area contributed by atoms with E-state index >= 15 is 0 Å². The lowest BCUT2D eigenvalue weighted by Gasteiger charge is -2.25. The van der Waals surface area contributed by atoms with Crippen LogP contribution in [-0.2, 0) is 16.0 Å². The summed E-state index contributed by atoms with van der Waals surface area (Å²) in [7, 11) is 0. The zero-order valence-electron chi connectivity index (χ0n) is 18.2. The number of carbonyl (C=O) groups excluding carboxylic acids is 2. The fourth-order valence-corrected chi connectivity index (χ4v) is 4.39. The van der Waals surface area contributed by atoms with Crippen LogP contribution in [0.4, 0.5) is 0 Å². The number of rotatable bonds is 7. The average molecular weight is 553 g/mol. The van der Waals surface area contributed by atoms with E-state index in [1.807, 2.05) is 61.5 Å². The Morgan fingerprint density at radius 2 is 1.64 bits per heavy atom. The minimum atomic E-state index is -0.669. The third-order valence-corrected chi connectivity index (χ3v) is 6.37. The van der Waals surface area contributed by atoms with Gasteiger partial charge in [0.15, 0.2) is 0 Å². The van der Waals surface area contributed by atoms with E-state index in [1.165, 1.54) is 0 Å². The molecule has 1 saturated heterocycles. The maximum atomic E-state index is 13.1. The second kappa shape index (κ2) is 10.2. The predicted octanol–water partition coefficient (Wildman–Crippen LogP) is 5.35. The Morgan fingerprint density at radius 1 is 0.970 bits per heavy atom. The summed E-state index contributed by atoms with van der Waals surface area (Å²) in [6.45, 7) is 2.79. The lowest BCUT2D eigenvalue weighted by atomic mass is 9.95. The zero-order chi connectivity index (χ0) is 23.4. The van der Waals surface area contributed by atoms with Crippen LogP contribution in [0.15, 0.2) is 84.4 Å². The fourth-order valence-electron chi connectivity index (χ4n) is 4.03. The van der Waals surface area contributed by atoms with Gasteiger partial charge in [-0.25, -0.2) is 0 Å². The maximum absolute atomic E-state index is 13.1. The van der Waals surface area contributed by atoms with Gasteiger partial charge in [0.25, 0.3) is 11.7 Å². The largest absolute Gasteiger partial charge is 0.507 e. The Kier molecular flexibility index (Phi) is 7.13. The summed E-state index contributed by atoms with van der Waals surface area (Å²) in [6, 6.07) is 23.7. The third-order valence-electron chi connectivity index (χ3n) is 5.65. The van der Waals surface area contributed by atoms with Crippen LogP contribution in [0.1, 0.15) is 29.7 Å². The molecule has 0 aromatic heterocycles. The number of ketones is 1. The first-order valence-electron chi connectivity index (χ1n) is 10.8. The molecule has 0 aliphatic carbocycles. The minimum Gasteiger partial charge on any atom is -0.507 e. The van der Waals surface area contributed by atoms with Crippen molar-refractivity contribution in [3.8, 4) is 5.75 Å². The molecule has 1 aliphatic rings. The van der Waals surface area contributed by atoms with Crippen molar-refractivity contribution in [1.29, 1.82) is 0 Å². The molecule has 1 heterocycles. The SMILES string of the molecule is CCOc1ccc(/C(O)=C2\C(=O)C(=O)N(CCc3ccccc3)C2c2ccc(I)cc2)cc1. The number of hydrogen-bond acceptors (Lipinski definition) is 4. The molecule has 1 atom stereocenters. The zero-order valence-corrected chi connectivity index (χ0v) is 20.4. The standard InChI is InChI=1S/C27H24INO4/c1-2-33-22-14-10-20(11-15-22)25(30)23-24(19-8-12-21(28)13-9-19)29(27(32)26(23)31)17-16-18-6-4-3-5-7-18/h3-15,24,30H,2,16-17H2,1H3/b25-23+. The van der Waals surface area contributed by atoms with Gasteiger partial charge in [0.2, 0.25) is 0 Å². The number of aliphatic hydroxyl groups is 1. The molecule has 1 unspecified atom stereocenters. The number of carbonyl (C=O) groups is 2. The second-order valence-corrected chi connectivity index (χ2v) is 8.98. The van der Waals surface area contributed by atoms with Gasteiger partial charge < -0.3 is 14.7 Å². The molecule has 3 aromatic carbocycles. The van der Waals surface area contributed by atoms with Crippen LogP contribution in [0.3, 0.4) is 0 Å². The van der Waals surface area contributed by atoms with E-state index in [1.54, 1.807) is 29.2 Å². The molecule has 1 amide bonds. The first-order valence-corrected chi connectivity index (χ1v) is 11.9. The van der Waals surface area contributed by atoms with Crippen LogP contribution in [0.5, 0.6) is 5.75 Å². The summed E-state index contributed by atoms with van der Waals surface area (Å²) < 4.78 is 6.51. The van der Waals surface area contributed by atoms with Crippen LogP contribution < -0.4 is 4.74 Å². The van der Waals surface area contributed by atoms with Crippen molar-refractivity contribution in [1.82, 2.24) is 4.90 Å². The van der Waals surface area contributed by atoms with Crippen LogP contribution in [-0.4, -0.2) is 34.8 Å². The summed E-state index contributed by atoms with van der Waals surface area (Å²) in [5.41, 5.74) is 2.44. The maximum Gasteiger partial charge on any atom is 0.295 e. The Labute approximate surface area is 206 Å². The molecule has 0 bridgehead atoms. The van der Waals surface area contributed by atoms with Crippen molar-refractivity contribution >= 4 is 40.0 Å². The Bertz CT molecular complexity index is 1170. The molecule has 1 aliphatic heterocycles. The van der Waals surface area contributed by atoms with Crippen LogP contribution in [0.2, 0.25) is 0 Å². The van der Waals surface area contributed by atoms with Gasteiger partial charge in [-0.15, -0.1) is 0 Å². The van der Waals surface area contributed by atoms with Crippen molar-refractivity contribution in [2.45, 2.75) is 19.4 Å². The molecule has 4 rings (SSSR count). The van der Waals surface area contributed by atoms with Gasteiger partial charge in [-0.2, -0.15) is 0 Å². The van der Waals surface area contributed by atoms with Crippen LogP contribution >= 0.6 is 22.6 Å². The van der Waals surface area contributed by atoms with Gasteiger partial charge >= 0.3 is 0 Å². The van der Waals surface area contributed by atoms with Gasteiger partial charge in [0.1, 0.15) is 11.5 Å². The molecule has 3 aromatic rings. The molecular formula is C27H24INO4. The van der Waals surface area contributed by atoms with E-state index in [0.717, 1.165) is 14.7 Å². The number of ether oxygens (including phenoxy) is 1. The quantitative estimate of drug-likeness (QED) is 0.185. The van der Waals surface area contributed by atoms with Crippen LogP contribution in [0.25, 0.3) is 5.76 Å². The summed E-state index contributed by atoms with van der Waals surface area (Å²) in [6.07, 6.45) is 0.609. The number of halogens is 1. The van der Waals surface area contributed by atoms with Gasteiger partial charge in [-0.3, -0.25) is 9.59 Å². The topological polar surface area (TPSA) is 66.8 Å². The normalized spacial score (nSPS) is 17.4. The summed E-state index contributed by atoms with van der Waals surface area (Å²) >= 11 is 2.21. The molecule has 1 fully saturated rings. The predicted molar refractivity (Wildman–Crippen MR) is 136 cm³/mol. The van der Waals surface area contributed by atoms with E-state index in [2.05, 4.69) is 22.6 Å². The molecule has 33 heavy (non-hydrogen) atoms. The first-order chi connectivity index (χ1) is 16.0. The minimum absolute atomic E-state index is 0.110.